The zero-order valence-electron chi connectivity index (χ0n) is 39.0. The number of carbonyl (C=O) groups excluding carboxylic acids is 5. The van der Waals surface area contributed by atoms with Crippen molar-refractivity contribution in [2.75, 3.05) is 124 Å². The van der Waals surface area contributed by atoms with Crippen LogP contribution in [0.15, 0.2) is 24.3 Å². The molecule has 17 heteroatoms. The molecule has 0 bridgehead atoms. The summed E-state index contributed by atoms with van der Waals surface area (Å²) in [4.78, 5) is 72.5. The van der Waals surface area contributed by atoms with Crippen LogP contribution < -0.4 is 44.2 Å². The molecule has 0 aromatic heterocycles. The van der Waals surface area contributed by atoms with Crippen LogP contribution in [-0.4, -0.2) is 173 Å². The molecule has 17 nitrogen and oxygen atoms in total. The number of carbonyl (C=O) groups is 5. The minimum Gasteiger partial charge on any atom is -0.356 e. The lowest BCUT2D eigenvalue weighted by Gasteiger charge is -2.28. The summed E-state index contributed by atoms with van der Waals surface area (Å²) in [7, 11) is 0. The molecule has 0 rings (SSSR count). The Balaban J connectivity index is 5.62. The van der Waals surface area contributed by atoms with Gasteiger partial charge in [-0.1, -0.05) is 38.2 Å². The van der Waals surface area contributed by atoms with E-state index in [1.807, 2.05) is 17.1 Å². The van der Waals surface area contributed by atoms with Crippen molar-refractivity contribution in [2.45, 2.75) is 110 Å². The molecule has 0 aliphatic carbocycles. The molecule has 0 radical (unpaired) electrons. The lowest BCUT2D eigenvalue weighted by Crippen LogP contribution is -2.44. The Kier molecular flexibility index (Phi) is 40.4. The Morgan fingerprint density at radius 3 is 1.15 bits per heavy atom. The van der Waals surface area contributed by atoms with Crippen molar-refractivity contribution in [1.82, 2.24) is 40.9 Å². The van der Waals surface area contributed by atoms with Gasteiger partial charge in [0.15, 0.2) is 0 Å². The van der Waals surface area contributed by atoms with Gasteiger partial charge in [-0.05, 0) is 136 Å². The van der Waals surface area contributed by atoms with Crippen LogP contribution in [0.1, 0.15) is 110 Å². The highest BCUT2D eigenvalue weighted by molar-refractivity contribution is 5.79. The molecule has 0 aromatic carbocycles. The first-order valence-corrected chi connectivity index (χ1v) is 23.8. The van der Waals surface area contributed by atoms with E-state index in [9.17, 15) is 24.0 Å². The minimum atomic E-state index is -0.0587. The maximum Gasteiger partial charge on any atom is 0.236 e. The second-order valence-electron chi connectivity index (χ2n) is 15.8. The monoisotopic (exact) mass is 879 g/mol. The Bertz CT molecular complexity index is 1150. The predicted octanol–water partition coefficient (Wildman–Crippen LogP) is 1.02. The van der Waals surface area contributed by atoms with E-state index in [0.717, 1.165) is 84.0 Å². The number of nitrogens with one attached hydrogen (secondary N) is 4. The molecule has 12 N–H and O–H groups in total. The first kappa shape index (κ1) is 58.6. The number of amides is 5. The van der Waals surface area contributed by atoms with Gasteiger partial charge in [0.25, 0.3) is 0 Å². The van der Waals surface area contributed by atoms with Crippen molar-refractivity contribution in [3.05, 3.63) is 24.3 Å². The highest BCUT2D eigenvalue weighted by Crippen LogP contribution is 2.04. The Hall–Kier alpha value is -3.45. The van der Waals surface area contributed by atoms with Crippen LogP contribution in [0.2, 0.25) is 0 Å². The lowest BCUT2D eigenvalue weighted by atomic mass is 10.2. The molecule has 0 spiro atoms. The number of allylic oxidation sites excluding steroid dienone is 4. The van der Waals surface area contributed by atoms with Gasteiger partial charge in [0.1, 0.15) is 0 Å². The van der Waals surface area contributed by atoms with Gasteiger partial charge in [0, 0.05) is 65.2 Å². The second-order valence-corrected chi connectivity index (χ2v) is 15.8. The Labute approximate surface area is 375 Å². The second kappa shape index (κ2) is 42.8. The molecule has 62 heavy (non-hydrogen) atoms. The van der Waals surface area contributed by atoms with Crippen LogP contribution >= 0.6 is 0 Å². The topological polar surface area (TPSA) is 251 Å². The summed E-state index contributed by atoms with van der Waals surface area (Å²) in [6.07, 6.45) is 18.9. The van der Waals surface area contributed by atoms with Crippen LogP contribution in [0.5, 0.6) is 0 Å². The summed E-state index contributed by atoms with van der Waals surface area (Å²) in [6, 6.07) is 0. The van der Waals surface area contributed by atoms with Gasteiger partial charge in [-0.15, -0.1) is 0 Å². The molecule has 360 valence electrons. The maximum absolute atomic E-state index is 14.0. The van der Waals surface area contributed by atoms with E-state index in [-0.39, 0.29) is 49.2 Å². The van der Waals surface area contributed by atoms with Crippen molar-refractivity contribution in [3.8, 4) is 0 Å². The highest BCUT2D eigenvalue weighted by Gasteiger charge is 2.19. The third-order valence-electron chi connectivity index (χ3n) is 10.1. The Morgan fingerprint density at radius 1 is 0.403 bits per heavy atom. The fourth-order valence-electron chi connectivity index (χ4n) is 6.63. The number of nitrogens with two attached hydrogens (primary N) is 4. The standard InChI is InChI=1S/C45H90N12O5/c1-3-5-7-9-20-41(58)50-26-11-12-36-57(37-19-29-51-42(59)21-10-8-6-4-2)45(62)40-56(34-17-27-52-43(60)38-54(30-13-22-46)31-14-23-47)35-18-28-53-44(61)39-55(32-15-24-48)33-16-25-49/h5-8H,3-4,9-40,46-49H2,1-2H3,(H,50,58)(H,51,59)(H,52,60)(H,53,61)/b7-5-,8-6-. The third-order valence-corrected chi connectivity index (χ3v) is 10.1. The summed E-state index contributed by atoms with van der Waals surface area (Å²) in [6.45, 7) is 14.1. The summed E-state index contributed by atoms with van der Waals surface area (Å²) in [5.41, 5.74) is 22.8. The largest absolute Gasteiger partial charge is 0.356 e. The van der Waals surface area contributed by atoms with Crippen LogP contribution in [0, 0.1) is 0 Å². The fourth-order valence-corrected chi connectivity index (χ4v) is 6.63. The smallest absolute Gasteiger partial charge is 0.236 e. The lowest BCUT2D eigenvalue weighted by molar-refractivity contribution is -0.133. The zero-order chi connectivity index (χ0) is 45.9. The molecule has 0 saturated carbocycles. The number of rotatable bonds is 43. The fraction of sp³-hybridized carbons (Fsp3) is 0.800. The molecular weight excluding hydrogens is 789 g/mol. The van der Waals surface area contributed by atoms with Gasteiger partial charge >= 0.3 is 0 Å². The molecule has 0 atom stereocenters. The summed E-state index contributed by atoms with van der Waals surface area (Å²) >= 11 is 0. The molecule has 0 unspecified atom stereocenters. The van der Waals surface area contributed by atoms with Gasteiger partial charge in [-0.2, -0.15) is 0 Å². The van der Waals surface area contributed by atoms with Crippen LogP contribution in [0.25, 0.3) is 0 Å². The van der Waals surface area contributed by atoms with Crippen LogP contribution in [0.3, 0.4) is 0 Å². The predicted molar refractivity (Wildman–Crippen MR) is 253 cm³/mol. The van der Waals surface area contributed by atoms with Crippen molar-refractivity contribution in [3.63, 3.8) is 0 Å². The van der Waals surface area contributed by atoms with Crippen molar-refractivity contribution >= 4 is 29.5 Å². The molecule has 0 aliphatic heterocycles. The normalized spacial score (nSPS) is 11.6. The number of hydrogen-bond acceptors (Lipinski definition) is 12. The summed E-state index contributed by atoms with van der Waals surface area (Å²) < 4.78 is 0. The van der Waals surface area contributed by atoms with Gasteiger partial charge in [0.05, 0.1) is 19.6 Å². The van der Waals surface area contributed by atoms with Gasteiger partial charge < -0.3 is 49.1 Å². The minimum absolute atomic E-state index is 0.00688. The number of hydrogen-bond donors (Lipinski definition) is 8. The van der Waals surface area contributed by atoms with E-state index in [1.165, 1.54) is 0 Å². The third kappa shape index (κ3) is 36.1. The number of unbranched alkanes of at least 4 members (excludes halogenated alkanes) is 1. The van der Waals surface area contributed by atoms with Gasteiger partial charge in [-0.3, -0.25) is 38.7 Å². The molecule has 0 heterocycles. The molecular formula is C45H90N12O5. The molecule has 0 aromatic rings. The van der Waals surface area contributed by atoms with Crippen molar-refractivity contribution in [2.24, 2.45) is 22.9 Å². The molecule has 0 aliphatic rings. The average Bonchev–Trinajstić information content (AvgIpc) is 3.26. The van der Waals surface area contributed by atoms with Crippen LogP contribution in [-0.2, 0) is 24.0 Å². The van der Waals surface area contributed by atoms with E-state index in [4.69, 9.17) is 22.9 Å². The van der Waals surface area contributed by atoms with E-state index in [0.29, 0.717) is 117 Å². The number of nitrogens with zero attached hydrogens (tertiary/aromatic N) is 4. The first-order valence-electron chi connectivity index (χ1n) is 23.8. The zero-order valence-corrected chi connectivity index (χ0v) is 39.0. The van der Waals surface area contributed by atoms with Gasteiger partial charge in [0.2, 0.25) is 29.5 Å². The van der Waals surface area contributed by atoms with Crippen molar-refractivity contribution in [1.29, 1.82) is 0 Å². The van der Waals surface area contributed by atoms with E-state index in [2.05, 4.69) is 62.0 Å². The molecule has 5 amide bonds. The first-order chi connectivity index (χ1) is 30.1. The summed E-state index contributed by atoms with van der Waals surface area (Å²) in [5.74, 6) is -0.124. The molecule has 0 saturated heterocycles. The highest BCUT2D eigenvalue weighted by atomic mass is 16.2. The van der Waals surface area contributed by atoms with E-state index in [1.54, 1.807) is 0 Å². The quantitative estimate of drug-likeness (QED) is 0.0316. The Morgan fingerprint density at radius 2 is 0.742 bits per heavy atom. The maximum atomic E-state index is 14.0. The summed E-state index contributed by atoms with van der Waals surface area (Å²) in [5, 5.41) is 12.1. The SMILES string of the molecule is CC/C=C\CCC(=O)NCCCCN(CCCNC(=O)CC/C=C\CC)C(=O)CN(CCCNC(=O)CN(CCCN)CCCN)CCCNC(=O)CN(CCCN)CCCN. The average molecular weight is 879 g/mol. The van der Waals surface area contributed by atoms with Crippen LogP contribution in [0.4, 0.5) is 0 Å². The van der Waals surface area contributed by atoms with Gasteiger partial charge in [-0.25, -0.2) is 0 Å². The van der Waals surface area contributed by atoms with E-state index < -0.39 is 0 Å². The van der Waals surface area contributed by atoms with Crippen molar-refractivity contribution < 1.29 is 24.0 Å². The van der Waals surface area contributed by atoms with E-state index >= 15 is 0 Å². The molecule has 0 fully saturated rings.